The second-order valence-electron chi connectivity index (χ2n) is 7.03. The summed E-state index contributed by atoms with van der Waals surface area (Å²) >= 11 is 0. The molecule has 0 bridgehead atoms. The summed E-state index contributed by atoms with van der Waals surface area (Å²) in [4.78, 5) is 0. The fraction of sp³-hybridized carbons (Fsp3) is 0.727. The molecule has 1 atom stereocenters. The van der Waals surface area contributed by atoms with Crippen molar-refractivity contribution in [3.8, 4) is 0 Å². The van der Waals surface area contributed by atoms with Gasteiger partial charge in [-0.3, -0.25) is 0 Å². The lowest BCUT2D eigenvalue weighted by Gasteiger charge is -2.47. The van der Waals surface area contributed by atoms with Gasteiger partial charge >= 0.3 is 0 Å². The van der Waals surface area contributed by atoms with Crippen molar-refractivity contribution in [2.45, 2.75) is 76.1 Å². The molecule has 0 spiro atoms. The smallest absolute Gasteiger partial charge is 0.292 e. The van der Waals surface area contributed by atoms with Crippen molar-refractivity contribution in [1.82, 2.24) is 0 Å². The third kappa shape index (κ3) is 5.53. The van der Waals surface area contributed by atoms with E-state index in [2.05, 4.69) is 31.2 Å². The number of hydrogen-bond donors (Lipinski definition) is 1. The van der Waals surface area contributed by atoms with E-state index in [1.807, 2.05) is 6.07 Å². The highest BCUT2D eigenvalue weighted by molar-refractivity contribution is 5.28. The Kier molecular flexibility index (Phi) is 11.1. The largest absolute Gasteiger partial charge is 0.330 e. The van der Waals surface area contributed by atoms with Crippen LogP contribution >= 0.6 is 0 Å². The lowest BCUT2D eigenvalue weighted by Crippen LogP contribution is -2.56. The van der Waals surface area contributed by atoms with E-state index < -0.39 is 11.4 Å². The van der Waals surface area contributed by atoms with E-state index >= 15 is 0 Å². The molecule has 0 unspecified atom stereocenters. The minimum atomic E-state index is -1.12. The third-order valence-electron chi connectivity index (χ3n) is 5.48. The molecule has 2 N–H and O–H groups in total. The molecule has 4 nitrogen and oxygen atoms in total. The molecule has 0 saturated carbocycles. The lowest BCUT2D eigenvalue weighted by molar-refractivity contribution is -0.390. The quantitative estimate of drug-likeness (QED) is 0.351. The monoisotopic (exact) mass is 365 g/mol. The van der Waals surface area contributed by atoms with Gasteiger partial charge in [0.2, 0.25) is 0 Å². The second kappa shape index (κ2) is 12.4. The minimum Gasteiger partial charge on any atom is -0.330 e. The van der Waals surface area contributed by atoms with Crippen LogP contribution in [0.5, 0.6) is 0 Å². The summed E-state index contributed by atoms with van der Waals surface area (Å²) in [6.45, 7) is 2.88. The summed E-state index contributed by atoms with van der Waals surface area (Å²) < 4.78 is 17.6. The lowest BCUT2D eigenvalue weighted by atomic mass is 9.70. The first-order valence-corrected chi connectivity index (χ1v) is 10.1. The van der Waals surface area contributed by atoms with Gasteiger partial charge in [-0.05, 0) is 31.4 Å². The minimum absolute atomic E-state index is 0.392. The molecule has 150 valence electrons. The van der Waals surface area contributed by atoms with Gasteiger partial charge in [0.1, 0.15) is 0 Å². The van der Waals surface area contributed by atoms with Crippen molar-refractivity contribution in [1.29, 1.82) is 0 Å². The van der Waals surface area contributed by atoms with Gasteiger partial charge in [0, 0.05) is 21.3 Å². The van der Waals surface area contributed by atoms with Crippen LogP contribution in [0, 0.1) is 0 Å². The SMILES string of the molecule is CCCCCCCC[C@@](CCCN)(c1ccccc1)C(OC)(OC)OC. The number of hydrogen-bond acceptors (Lipinski definition) is 4. The van der Waals surface area contributed by atoms with Crippen LogP contribution in [0.3, 0.4) is 0 Å². The third-order valence-corrected chi connectivity index (χ3v) is 5.48. The molecular weight excluding hydrogens is 326 g/mol. The van der Waals surface area contributed by atoms with Gasteiger partial charge in [0.05, 0.1) is 5.41 Å². The predicted octanol–water partition coefficient (Wildman–Crippen LogP) is 5.01. The maximum absolute atomic E-state index is 5.87. The summed E-state index contributed by atoms with van der Waals surface area (Å²) in [7, 11) is 4.98. The van der Waals surface area contributed by atoms with Crippen LogP contribution in [0.15, 0.2) is 30.3 Å². The molecule has 4 heteroatoms. The molecule has 1 aromatic rings. The molecule has 0 heterocycles. The molecule has 0 aliphatic carbocycles. The fourth-order valence-electron chi connectivity index (χ4n) is 4.10. The number of methoxy groups -OCH3 is 3. The van der Waals surface area contributed by atoms with Gasteiger partial charge in [-0.2, -0.15) is 0 Å². The summed E-state index contributed by atoms with van der Waals surface area (Å²) in [5.74, 6) is -1.12. The highest BCUT2D eigenvalue weighted by atomic mass is 16.9. The molecular formula is C22H39NO3. The van der Waals surface area contributed by atoms with Crippen LogP contribution < -0.4 is 5.73 Å². The van der Waals surface area contributed by atoms with E-state index in [-0.39, 0.29) is 0 Å². The predicted molar refractivity (Wildman–Crippen MR) is 108 cm³/mol. The van der Waals surface area contributed by atoms with Gasteiger partial charge in [-0.1, -0.05) is 75.8 Å². The first-order chi connectivity index (χ1) is 12.7. The molecule has 0 radical (unpaired) electrons. The van der Waals surface area contributed by atoms with E-state index in [4.69, 9.17) is 19.9 Å². The van der Waals surface area contributed by atoms with Crippen LogP contribution in [-0.2, 0) is 19.6 Å². The average Bonchev–Trinajstić information content (AvgIpc) is 2.70. The molecule has 0 aliphatic rings. The van der Waals surface area contributed by atoms with E-state index in [9.17, 15) is 0 Å². The zero-order chi connectivity index (χ0) is 19.3. The van der Waals surface area contributed by atoms with Gasteiger partial charge in [0.15, 0.2) is 0 Å². The molecule has 0 saturated heterocycles. The van der Waals surface area contributed by atoms with E-state index in [1.165, 1.54) is 37.7 Å². The van der Waals surface area contributed by atoms with Crippen LogP contribution in [0.1, 0.15) is 70.3 Å². The van der Waals surface area contributed by atoms with Crippen LogP contribution in [0.2, 0.25) is 0 Å². The van der Waals surface area contributed by atoms with Gasteiger partial charge in [0.25, 0.3) is 5.97 Å². The van der Waals surface area contributed by atoms with Crippen LogP contribution in [0.4, 0.5) is 0 Å². The van der Waals surface area contributed by atoms with E-state index in [0.717, 1.165) is 25.7 Å². The van der Waals surface area contributed by atoms with Crippen molar-refractivity contribution in [2.75, 3.05) is 27.9 Å². The average molecular weight is 366 g/mol. The van der Waals surface area contributed by atoms with Gasteiger partial charge < -0.3 is 19.9 Å². The number of unbranched alkanes of at least 4 members (excludes halogenated alkanes) is 5. The van der Waals surface area contributed by atoms with Crippen LogP contribution in [-0.4, -0.2) is 33.8 Å². The number of benzene rings is 1. The molecule has 1 aromatic carbocycles. The number of nitrogens with two attached hydrogens (primary N) is 1. The molecule has 0 fully saturated rings. The second-order valence-corrected chi connectivity index (χ2v) is 7.03. The zero-order valence-electron chi connectivity index (χ0n) is 17.3. The van der Waals surface area contributed by atoms with Gasteiger partial charge in [-0.25, -0.2) is 0 Å². The van der Waals surface area contributed by atoms with Crippen molar-refractivity contribution in [2.24, 2.45) is 5.73 Å². The molecule has 0 aliphatic heterocycles. The Morgan fingerprint density at radius 2 is 1.31 bits per heavy atom. The Bertz CT molecular complexity index is 453. The Morgan fingerprint density at radius 1 is 0.769 bits per heavy atom. The fourth-order valence-corrected chi connectivity index (χ4v) is 4.10. The summed E-state index contributed by atoms with van der Waals surface area (Å²) in [5.41, 5.74) is 6.66. The molecule has 1 rings (SSSR count). The zero-order valence-corrected chi connectivity index (χ0v) is 17.3. The molecule has 0 aromatic heterocycles. The van der Waals surface area contributed by atoms with E-state index in [0.29, 0.717) is 6.54 Å². The van der Waals surface area contributed by atoms with Crippen LogP contribution in [0.25, 0.3) is 0 Å². The summed E-state index contributed by atoms with van der Waals surface area (Å²) in [5, 5.41) is 0. The number of ether oxygens (including phenoxy) is 3. The highest BCUT2D eigenvalue weighted by Crippen LogP contribution is 2.46. The van der Waals surface area contributed by atoms with Crippen molar-refractivity contribution in [3.63, 3.8) is 0 Å². The Labute approximate surface area is 160 Å². The first kappa shape index (κ1) is 23.1. The van der Waals surface area contributed by atoms with E-state index in [1.54, 1.807) is 21.3 Å². The maximum atomic E-state index is 5.87. The summed E-state index contributed by atoms with van der Waals surface area (Å²) in [6, 6.07) is 10.5. The molecule has 0 amide bonds. The maximum Gasteiger partial charge on any atom is 0.292 e. The van der Waals surface area contributed by atoms with Crippen molar-refractivity contribution in [3.05, 3.63) is 35.9 Å². The van der Waals surface area contributed by atoms with Gasteiger partial charge in [-0.15, -0.1) is 0 Å². The Hall–Kier alpha value is -0.940. The van der Waals surface area contributed by atoms with Crippen molar-refractivity contribution >= 4 is 0 Å². The standard InChI is InChI=1S/C22H39NO3/c1-5-6-7-8-9-13-17-21(18-14-19-23,20-15-11-10-12-16-20)22(24-2,25-3)26-4/h10-12,15-16H,5-9,13-14,17-19,23H2,1-4H3/t21-/m1/s1. The molecule has 26 heavy (non-hydrogen) atoms. The van der Waals surface area contributed by atoms with Crippen molar-refractivity contribution < 1.29 is 14.2 Å². The normalized spacial score (nSPS) is 14.3. The Morgan fingerprint density at radius 3 is 1.85 bits per heavy atom. The summed E-state index contributed by atoms with van der Waals surface area (Å²) in [6.07, 6.45) is 10.2. The first-order valence-electron chi connectivity index (χ1n) is 10.1. The topological polar surface area (TPSA) is 53.7 Å². The highest BCUT2D eigenvalue weighted by Gasteiger charge is 2.54. The number of rotatable bonds is 15. The Balaban J connectivity index is 3.14.